The van der Waals surface area contributed by atoms with Crippen LogP contribution in [0.3, 0.4) is 0 Å². The first-order chi connectivity index (χ1) is 11.3. The number of aliphatic hydroxyl groups is 1. The first kappa shape index (κ1) is 19.0. The minimum Gasteiger partial charge on any atom is -0.394 e. The van der Waals surface area contributed by atoms with Crippen LogP contribution in [0.5, 0.6) is 0 Å². The smallest absolute Gasteiger partial charge is 0.263 e. The van der Waals surface area contributed by atoms with Crippen LogP contribution in [-0.2, 0) is 6.54 Å². The lowest BCUT2D eigenvalue weighted by Crippen LogP contribution is -2.25. The molecule has 0 bridgehead atoms. The average Bonchev–Trinajstić information content (AvgIpc) is 2.48. The van der Waals surface area contributed by atoms with Gasteiger partial charge in [-0.25, -0.2) is 17.6 Å². The molecule has 2 aromatic rings. The number of nitrogens with one attached hydrogen (secondary N) is 1. The third-order valence-corrected chi connectivity index (χ3v) is 3.98. The molecule has 0 saturated carbocycles. The molecule has 0 aromatic heterocycles. The summed E-state index contributed by atoms with van der Waals surface area (Å²) < 4.78 is 51.8. The van der Waals surface area contributed by atoms with Crippen LogP contribution in [0.4, 0.5) is 17.6 Å². The van der Waals surface area contributed by atoms with E-state index in [1.54, 1.807) is 0 Å². The zero-order valence-electron chi connectivity index (χ0n) is 12.2. The van der Waals surface area contributed by atoms with Gasteiger partial charge in [-0.15, -0.1) is 0 Å². The SMILES string of the molecule is OCC(NCc1cc(F)cc(F)c1)c1c(Cl)cc(C(F)F)cc1Cl. The Morgan fingerprint density at radius 1 is 0.958 bits per heavy atom. The Morgan fingerprint density at radius 2 is 1.50 bits per heavy atom. The molecule has 0 aliphatic heterocycles. The zero-order chi connectivity index (χ0) is 17.9. The molecule has 0 heterocycles. The van der Waals surface area contributed by atoms with Crippen molar-refractivity contribution in [1.29, 1.82) is 0 Å². The van der Waals surface area contributed by atoms with Gasteiger partial charge in [0, 0.05) is 33.8 Å². The van der Waals surface area contributed by atoms with Crippen molar-refractivity contribution in [2.75, 3.05) is 6.61 Å². The van der Waals surface area contributed by atoms with E-state index in [-0.39, 0.29) is 27.7 Å². The van der Waals surface area contributed by atoms with Gasteiger partial charge in [0.05, 0.1) is 12.6 Å². The molecule has 0 radical (unpaired) electrons. The fraction of sp³-hybridized carbons (Fsp3) is 0.250. The standard InChI is InChI=1S/C16H13Cl2F4NO/c17-12-3-9(16(21)22)4-13(18)15(12)14(7-24)23-6-8-1-10(19)5-11(20)2-8/h1-5,14,16,23-24H,6-7H2. The summed E-state index contributed by atoms with van der Waals surface area (Å²) in [7, 11) is 0. The third kappa shape index (κ3) is 4.60. The van der Waals surface area contributed by atoms with Crippen molar-refractivity contribution in [1.82, 2.24) is 5.32 Å². The van der Waals surface area contributed by atoms with Gasteiger partial charge in [0.2, 0.25) is 0 Å². The van der Waals surface area contributed by atoms with Crippen molar-refractivity contribution in [3.8, 4) is 0 Å². The molecule has 1 unspecified atom stereocenters. The lowest BCUT2D eigenvalue weighted by molar-refractivity contribution is 0.151. The van der Waals surface area contributed by atoms with Crippen LogP contribution in [0.2, 0.25) is 10.0 Å². The van der Waals surface area contributed by atoms with Crippen molar-refractivity contribution >= 4 is 23.2 Å². The largest absolute Gasteiger partial charge is 0.394 e. The number of alkyl halides is 2. The third-order valence-electron chi connectivity index (χ3n) is 3.36. The molecular weight excluding hydrogens is 369 g/mol. The van der Waals surface area contributed by atoms with Crippen LogP contribution in [0.1, 0.15) is 29.2 Å². The van der Waals surface area contributed by atoms with E-state index >= 15 is 0 Å². The lowest BCUT2D eigenvalue weighted by atomic mass is 10.0. The zero-order valence-corrected chi connectivity index (χ0v) is 13.7. The van der Waals surface area contributed by atoms with Crippen LogP contribution in [0.15, 0.2) is 30.3 Å². The second kappa shape index (κ2) is 8.16. The quantitative estimate of drug-likeness (QED) is 0.687. The van der Waals surface area contributed by atoms with E-state index in [0.29, 0.717) is 5.56 Å². The molecule has 0 aliphatic carbocycles. The number of benzene rings is 2. The van der Waals surface area contributed by atoms with Gasteiger partial charge in [-0.05, 0) is 29.8 Å². The van der Waals surface area contributed by atoms with Gasteiger partial charge in [0.1, 0.15) is 11.6 Å². The van der Waals surface area contributed by atoms with Crippen molar-refractivity contribution in [3.05, 3.63) is 68.7 Å². The van der Waals surface area contributed by atoms with Crippen LogP contribution in [-0.4, -0.2) is 11.7 Å². The Kier molecular flexibility index (Phi) is 6.46. The molecular formula is C16H13Cl2F4NO. The Balaban J connectivity index is 2.22. The maximum Gasteiger partial charge on any atom is 0.263 e. The number of aliphatic hydroxyl groups excluding tert-OH is 1. The first-order valence-corrected chi connectivity index (χ1v) is 7.63. The predicted octanol–water partition coefficient (Wildman–Crippen LogP) is 5.03. The van der Waals surface area contributed by atoms with Crippen molar-refractivity contribution in [3.63, 3.8) is 0 Å². The highest BCUT2D eigenvalue weighted by Crippen LogP contribution is 2.35. The van der Waals surface area contributed by atoms with E-state index in [1.165, 1.54) is 0 Å². The van der Waals surface area contributed by atoms with Gasteiger partial charge in [0.25, 0.3) is 6.43 Å². The van der Waals surface area contributed by atoms with Crippen LogP contribution in [0.25, 0.3) is 0 Å². The fourth-order valence-corrected chi connectivity index (χ4v) is 3.04. The maximum atomic E-state index is 13.2. The normalized spacial score (nSPS) is 12.7. The second-order valence-electron chi connectivity index (χ2n) is 5.09. The highest BCUT2D eigenvalue weighted by atomic mass is 35.5. The molecule has 0 aliphatic rings. The predicted molar refractivity (Wildman–Crippen MR) is 84.4 cm³/mol. The van der Waals surface area contributed by atoms with Gasteiger partial charge in [-0.1, -0.05) is 23.2 Å². The first-order valence-electron chi connectivity index (χ1n) is 6.88. The molecule has 2 rings (SSSR count). The molecule has 2 nitrogen and oxygen atoms in total. The van der Waals surface area contributed by atoms with Crippen LogP contribution >= 0.6 is 23.2 Å². The van der Waals surface area contributed by atoms with Gasteiger partial charge in [0.15, 0.2) is 0 Å². The summed E-state index contributed by atoms with van der Waals surface area (Å²) in [4.78, 5) is 0. The molecule has 2 aromatic carbocycles. The molecule has 0 amide bonds. The van der Waals surface area contributed by atoms with Crippen molar-refractivity contribution < 1.29 is 22.7 Å². The number of halogens is 6. The van der Waals surface area contributed by atoms with Crippen LogP contribution in [0, 0.1) is 11.6 Å². The van der Waals surface area contributed by atoms with E-state index < -0.39 is 30.7 Å². The highest BCUT2D eigenvalue weighted by molar-refractivity contribution is 6.36. The number of hydrogen-bond donors (Lipinski definition) is 2. The Bertz CT molecular complexity index is 684. The maximum absolute atomic E-state index is 13.2. The van der Waals surface area contributed by atoms with Gasteiger partial charge >= 0.3 is 0 Å². The minimum absolute atomic E-state index is 0.0170. The lowest BCUT2D eigenvalue weighted by Gasteiger charge is -2.20. The van der Waals surface area contributed by atoms with E-state index in [0.717, 1.165) is 30.3 Å². The molecule has 1 atom stereocenters. The molecule has 0 saturated heterocycles. The molecule has 130 valence electrons. The average molecular weight is 382 g/mol. The minimum atomic E-state index is -2.73. The van der Waals surface area contributed by atoms with E-state index in [2.05, 4.69) is 5.32 Å². The topological polar surface area (TPSA) is 32.3 Å². The molecule has 0 spiro atoms. The Hall–Kier alpha value is -1.34. The summed E-state index contributed by atoms with van der Waals surface area (Å²) in [6.07, 6.45) is -2.73. The van der Waals surface area contributed by atoms with Crippen molar-refractivity contribution in [2.45, 2.75) is 19.0 Å². The summed E-state index contributed by atoms with van der Waals surface area (Å²) in [6, 6.07) is 4.35. The summed E-state index contributed by atoms with van der Waals surface area (Å²) in [5.41, 5.74) is 0.210. The molecule has 2 N–H and O–H groups in total. The van der Waals surface area contributed by atoms with Gasteiger partial charge < -0.3 is 10.4 Å². The van der Waals surface area contributed by atoms with Gasteiger partial charge in [-0.2, -0.15) is 0 Å². The summed E-state index contributed by atoms with van der Waals surface area (Å²) in [5, 5.41) is 12.3. The van der Waals surface area contributed by atoms with Gasteiger partial charge in [-0.3, -0.25) is 0 Å². The Labute approximate surface area is 146 Å². The van der Waals surface area contributed by atoms with Crippen LogP contribution < -0.4 is 5.32 Å². The van der Waals surface area contributed by atoms with E-state index in [4.69, 9.17) is 23.2 Å². The molecule has 0 fully saturated rings. The summed E-state index contributed by atoms with van der Waals surface area (Å²) in [6.45, 7) is -0.422. The van der Waals surface area contributed by atoms with Crippen molar-refractivity contribution in [2.24, 2.45) is 0 Å². The fourth-order valence-electron chi connectivity index (χ4n) is 2.27. The summed E-state index contributed by atoms with van der Waals surface area (Å²) in [5.74, 6) is -1.46. The van der Waals surface area contributed by atoms with E-state index in [9.17, 15) is 22.7 Å². The second-order valence-corrected chi connectivity index (χ2v) is 5.91. The number of hydrogen-bond acceptors (Lipinski definition) is 2. The molecule has 24 heavy (non-hydrogen) atoms. The van der Waals surface area contributed by atoms with E-state index in [1.807, 2.05) is 0 Å². The molecule has 8 heteroatoms. The number of rotatable bonds is 6. The monoisotopic (exact) mass is 381 g/mol. The Morgan fingerprint density at radius 3 is 1.96 bits per heavy atom. The summed E-state index contributed by atoms with van der Waals surface area (Å²) >= 11 is 12.0. The highest BCUT2D eigenvalue weighted by Gasteiger charge is 2.20.